The van der Waals surface area contributed by atoms with Gasteiger partial charge in [-0.3, -0.25) is 0 Å². The number of aryl methyl sites for hydroxylation is 2. The van der Waals surface area contributed by atoms with Gasteiger partial charge in [0.05, 0.1) is 17.1 Å². The molecule has 0 aliphatic carbocycles. The Labute approximate surface area is 116 Å². The fraction of sp³-hybridized carbons (Fsp3) is 0.308. The van der Waals surface area contributed by atoms with Crippen LogP contribution in [-0.4, -0.2) is 15.2 Å². The molecule has 0 amide bonds. The van der Waals surface area contributed by atoms with Gasteiger partial charge in [0.2, 0.25) is 0 Å². The van der Waals surface area contributed by atoms with Crippen molar-refractivity contribution < 1.29 is 4.74 Å². The van der Waals surface area contributed by atoms with Gasteiger partial charge in [-0.2, -0.15) is 4.98 Å². The van der Waals surface area contributed by atoms with Crippen molar-refractivity contribution in [1.29, 1.82) is 0 Å². The molecule has 19 heavy (non-hydrogen) atoms. The topological polar surface area (TPSA) is 73.9 Å². The third-order valence-electron chi connectivity index (χ3n) is 2.66. The summed E-state index contributed by atoms with van der Waals surface area (Å²) in [7, 11) is 0. The van der Waals surface area contributed by atoms with Gasteiger partial charge in [-0.25, -0.2) is 0 Å². The zero-order chi connectivity index (χ0) is 13.8. The molecule has 0 fully saturated rings. The second-order valence-electron chi connectivity index (χ2n) is 3.98. The molecule has 0 unspecified atom stereocenters. The molecular formula is C13H15ClN4O. The van der Waals surface area contributed by atoms with Crippen LogP contribution in [0, 0.1) is 0 Å². The predicted molar refractivity (Wildman–Crippen MR) is 74.5 cm³/mol. The molecule has 100 valence electrons. The highest BCUT2D eigenvalue weighted by atomic mass is 35.5. The van der Waals surface area contributed by atoms with Gasteiger partial charge in [0.25, 0.3) is 0 Å². The van der Waals surface area contributed by atoms with E-state index in [-0.39, 0.29) is 6.01 Å². The molecule has 0 atom stereocenters. The van der Waals surface area contributed by atoms with E-state index in [2.05, 4.69) is 15.2 Å². The molecule has 1 heterocycles. The Balaban J connectivity index is 2.28. The van der Waals surface area contributed by atoms with E-state index in [0.717, 1.165) is 24.2 Å². The summed E-state index contributed by atoms with van der Waals surface area (Å²) in [6.45, 7) is 4.03. The van der Waals surface area contributed by atoms with Gasteiger partial charge in [-0.15, -0.1) is 5.10 Å². The number of aromatic nitrogens is 3. The fourth-order valence-corrected chi connectivity index (χ4v) is 1.86. The van der Waals surface area contributed by atoms with E-state index < -0.39 is 0 Å². The van der Waals surface area contributed by atoms with Crippen molar-refractivity contribution in [3.05, 3.63) is 34.6 Å². The number of rotatable bonds is 4. The lowest BCUT2D eigenvalue weighted by molar-refractivity contribution is 0.430. The lowest BCUT2D eigenvalue weighted by Gasteiger charge is -2.08. The number of hydrogen-bond acceptors (Lipinski definition) is 5. The highest BCUT2D eigenvalue weighted by Gasteiger charge is 2.09. The summed E-state index contributed by atoms with van der Waals surface area (Å²) in [6, 6.07) is 5.19. The molecule has 0 saturated carbocycles. The molecule has 0 spiro atoms. The van der Waals surface area contributed by atoms with Crippen LogP contribution in [-0.2, 0) is 12.8 Å². The number of benzene rings is 1. The van der Waals surface area contributed by atoms with Gasteiger partial charge in [-0.05, 0) is 31.0 Å². The monoisotopic (exact) mass is 278 g/mol. The predicted octanol–water partition coefficient (Wildman–Crippen LogP) is 3.02. The van der Waals surface area contributed by atoms with E-state index in [9.17, 15) is 0 Å². The molecule has 1 aromatic carbocycles. The largest absolute Gasteiger partial charge is 0.421 e. The number of nitrogens with two attached hydrogens (primary N) is 1. The number of nitrogens with zero attached hydrogens (tertiary/aromatic N) is 3. The van der Waals surface area contributed by atoms with Gasteiger partial charge >= 0.3 is 6.01 Å². The van der Waals surface area contributed by atoms with Crippen molar-refractivity contribution in [1.82, 2.24) is 15.2 Å². The van der Waals surface area contributed by atoms with Gasteiger partial charge < -0.3 is 10.5 Å². The quantitative estimate of drug-likeness (QED) is 0.870. The van der Waals surface area contributed by atoms with E-state index in [4.69, 9.17) is 22.1 Å². The maximum atomic E-state index is 5.83. The van der Waals surface area contributed by atoms with E-state index in [1.807, 2.05) is 13.8 Å². The highest BCUT2D eigenvalue weighted by molar-refractivity contribution is 6.30. The van der Waals surface area contributed by atoms with Crippen molar-refractivity contribution in [3.8, 4) is 11.8 Å². The van der Waals surface area contributed by atoms with Crippen molar-refractivity contribution in [2.24, 2.45) is 0 Å². The van der Waals surface area contributed by atoms with Crippen LogP contribution < -0.4 is 10.5 Å². The normalized spacial score (nSPS) is 10.5. The SMILES string of the molecule is CCc1nnc(Oc2ccc(Cl)cc2N)nc1CC. The van der Waals surface area contributed by atoms with Crippen LogP contribution in [0.3, 0.4) is 0 Å². The fourth-order valence-electron chi connectivity index (χ4n) is 1.67. The number of hydrogen-bond donors (Lipinski definition) is 1. The Kier molecular flexibility index (Phi) is 4.16. The summed E-state index contributed by atoms with van der Waals surface area (Å²) in [4.78, 5) is 4.34. The van der Waals surface area contributed by atoms with Gasteiger partial charge in [0.1, 0.15) is 0 Å². The number of halogens is 1. The lowest BCUT2D eigenvalue weighted by atomic mass is 10.2. The minimum absolute atomic E-state index is 0.197. The Hall–Kier alpha value is -1.88. The first-order valence-corrected chi connectivity index (χ1v) is 6.47. The average molecular weight is 279 g/mol. The van der Waals surface area contributed by atoms with Crippen LogP contribution in [0.2, 0.25) is 5.02 Å². The summed E-state index contributed by atoms with van der Waals surface area (Å²) in [6.07, 6.45) is 1.58. The van der Waals surface area contributed by atoms with Crippen LogP contribution >= 0.6 is 11.6 Å². The number of ether oxygens (including phenoxy) is 1. The number of nitrogen functional groups attached to an aromatic ring is 1. The van der Waals surface area contributed by atoms with E-state index in [1.165, 1.54) is 0 Å². The van der Waals surface area contributed by atoms with Crippen LogP contribution in [0.15, 0.2) is 18.2 Å². The second-order valence-corrected chi connectivity index (χ2v) is 4.42. The highest BCUT2D eigenvalue weighted by Crippen LogP contribution is 2.28. The van der Waals surface area contributed by atoms with Crippen molar-refractivity contribution in [3.63, 3.8) is 0 Å². The Bertz CT molecular complexity index is 589. The molecule has 0 aliphatic rings. The standard InChI is InChI=1S/C13H15ClN4O/c1-3-10-11(4-2)17-18-13(16-10)19-12-6-5-8(14)7-9(12)15/h5-7H,3-4,15H2,1-2H3. The Morgan fingerprint density at radius 3 is 2.53 bits per heavy atom. The molecule has 6 heteroatoms. The first-order chi connectivity index (χ1) is 9.13. The molecule has 2 aromatic rings. The van der Waals surface area contributed by atoms with E-state index >= 15 is 0 Å². The molecular weight excluding hydrogens is 264 g/mol. The van der Waals surface area contributed by atoms with Crippen LogP contribution in [0.25, 0.3) is 0 Å². The smallest absolute Gasteiger partial charge is 0.341 e. The van der Waals surface area contributed by atoms with Gasteiger partial charge in [0, 0.05) is 5.02 Å². The van der Waals surface area contributed by atoms with Crippen molar-refractivity contribution in [2.75, 3.05) is 5.73 Å². The summed E-state index contributed by atoms with van der Waals surface area (Å²) in [5.74, 6) is 0.470. The molecule has 1 aromatic heterocycles. The summed E-state index contributed by atoms with van der Waals surface area (Å²) in [5.41, 5.74) is 8.03. The van der Waals surface area contributed by atoms with Crippen LogP contribution in [0.1, 0.15) is 25.2 Å². The first kappa shape index (κ1) is 13.5. The molecule has 5 nitrogen and oxygen atoms in total. The van der Waals surface area contributed by atoms with Crippen LogP contribution in [0.5, 0.6) is 11.8 Å². The van der Waals surface area contributed by atoms with Crippen LogP contribution in [0.4, 0.5) is 5.69 Å². The van der Waals surface area contributed by atoms with E-state index in [0.29, 0.717) is 16.5 Å². The molecule has 2 N–H and O–H groups in total. The average Bonchev–Trinajstić information content (AvgIpc) is 2.41. The number of anilines is 1. The zero-order valence-electron chi connectivity index (χ0n) is 10.9. The summed E-state index contributed by atoms with van der Waals surface area (Å²) in [5, 5.41) is 8.61. The van der Waals surface area contributed by atoms with Crippen molar-refractivity contribution in [2.45, 2.75) is 26.7 Å². The maximum absolute atomic E-state index is 5.83. The first-order valence-electron chi connectivity index (χ1n) is 6.09. The summed E-state index contributed by atoms with van der Waals surface area (Å²) < 4.78 is 5.54. The minimum Gasteiger partial charge on any atom is -0.421 e. The second kappa shape index (κ2) is 5.84. The van der Waals surface area contributed by atoms with Gasteiger partial charge in [0.15, 0.2) is 5.75 Å². The molecule has 0 aliphatic heterocycles. The Morgan fingerprint density at radius 1 is 1.16 bits per heavy atom. The van der Waals surface area contributed by atoms with E-state index in [1.54, 1.807) is 18.2 Å². The third-order valence-corrected chi connectivity index (χ3v) is 2.90. The minimum atomic E-state index is 0.197. The van der Waals surface area contributed by atoms with Gasteiger partial charge in [-0.1, -0.05) is 30.5 Å². The Morgan fingerprint density at radius 2 is 1.89 bits per heavy atom. The summed E-state index contributed by atoms with van der Waals surface area (Å²) >= 11 is 5.83. The molecule has 0 radical (unpaired) electrons. The lowest BCUT2D eigenvalue weighted by Crippen LogP contribution is -2.05. The molecule has 0 saturated heterocycles. The zero-order valence-corrected chi connectivity index (χ0v) is 11.6. The third kappa shape index (κ3) is 3.12. The van der Waals surface area contributed by atoms with Crippen molar-refractivity contribution >= 4 is 17.3 Å². The molecule has 2 rings (SSSR count). The maximum Gasteiger partial charge on any atom is 0.341 e. The molecule has 0 bridgehead atoms.